The smallest absolute Gasteiger partial charge is 0.272 e. The number of aryl methyl sites for hydroxylation is 1. The summed E-state index contributed by atoms with van der Waals surface area (Å²) in [6, 6.07) is 29.4. The SMILES string of the molecule is Cc1ccc(Cn2c(C(=O)Nc3ccc(OCc4ccccc4)cc3)cc3occc32)cc1. The van der Waals surface area contributed by atoms with E-state index in [2.05, 4.69) is 36.5 Å². The number of anilines is 1. The van der Waals surface area contributed by atoms with Crippen LogP contribution in [-0.4, -0.2) is 10.5 Å². The lowest BCUT2D eigenvalue weighted by atomic mass is 10.1. The second-order valence-corrected chi connectivity index (χ2v) is 8.02. The number of benzene rings is 3. The molecule has 0 radical (unpaired) electrons. The molecule has 1 amide bonds. The fourth-order valence-electron chi connectivity index (χ4n) is 3.78. The topological polar surface area (TPSA) is 56.4 Å². The zero-order valence-corrected chi connectivity index (χ0v) is 18.3. The summed E-state index contributed by atoms with van der Waals surface area (Å²) in [5.74, 6) is 0.559. The van der Waals surface area contributed by atoms with E-state index in [0.29, 0.717) is 30.1 Å². The summed E-state index contributed by atoms with van der Waals surface area (Å²) in [5, 5.41) is 2.99. The molecule has 0 aliphatic rings. The molecule has 0 saturated heterocycles. The van der Waals surface area contributed by atoms with Crippen molar-refractivity contribution in [2.45, 2.75) is 20.1 Å². The highest BCUT2D eigenvalue weighted by Crippen LogP contribution is 2.24. The predicted octanol–water partition coefficient (Wildman–Crippen LogP) is 6.42. The number of hydrogen-bond donors (Lipinski definition) is 1. The number of hydrogen-bond acceptors (Lipinski definition) is 3. The number of carbonyl (C=O) groups excluding carboxylic acids is 1. The predicted molar refractivity (Wildman–Crippen MR) is 130 cm³/mol. The molecule has 0 aliphatic heterocycles. The number of rotatable bonds is 7. The van der Waals surface area contributed by atoms with Gasteiger partial charge in [0.25, 0.3) is 5.91 Å². The number of carbonyl (C=O) groups is 1. The molecule has 0 spiro atoms. The van der Waals surface area contributed by atoms with Crippen LogP contribution in [0.1, 0.15) is 27.2 Å². The highest BCUT2D eigenvalue weighted by atomic mass is 16.5. The van der Waals surface area contributed by atoms with Gasteiger partial charge in [0.15, 0.2) is 5.58 Å². The fraction of sp³-hybridized carbons (Fsp3) is 0.107. The Hall–Kier alpha value is -4.25. The van der Waals surface area contributed by atoms with Crippen LogP contribution in [0.2, 0.25) is 0 Å². The van der Waals surface area contributed by atoms with E-state index >= 15 is 0 Å². The molecule has 0 atom stereocenters. The number of furan rings is 1. The summed E-state index contributed by atoms with van der Waals surface area (Å²) >= 11 is 0. The lowest BCUT2D eigenvalue weighted by molar-refractivity contribution is 0.101. The van der Waals surface area contributed by atoms with Gasteiger partial charge in [-0.3, -0.25) is 4.79 Å². The van der Waals surface area contributed by atoms with E-state index in [4.69, 9.17) is 9.15 Å². The van der Waals surface area contributed by atoms with Gasteiger partial charge in [-0.1, -0.05) is 60.2 Å². The van der Waals surface area contributed by atoms with Crippen molar-refractivity contribution >= 4 is 22.7 Å². The highest BCUT2D eigenvalue weighted by Gasteiger charge is 2.18. The minimum absolute atomic E-state index is 0.188. The molecule has 164 valence electrons. The van der Waals surface area contributed by atoms with Gasteiger partial charge >= 0.3 is 0 Å². The van der Waals surface area contributed by atoms with Gasteiger partial charge in [0.1, 0.15) is 18.1 Å². The second-order valence-electron chi connectivity index (χ2n) is 8.02. The Balaban J connectivity index is 1.31. The van der Waals surface area contributed by atoms with Gasteiger partial charge in [0.05, 0.1) is 11.8 Å². The van der Waals surface area contributed by atoms with Crippen molar-refractivity contribution in [3.8, 4) is 5.75 Å². The fourth-order valence-corrected chi connectivity index (χ4v) is 3.78. The van der Waals surface area contributed by atoms with Crippen LogP contribution in [0, 0.1) is 6.92 Å². The summed E-state index contributed by atoms with van der Waals surface area (Å²) in [6.45, 7) is 3.14. The van der Waals surface area contributed by atoms with Gasteiger partial charge in [-0.2, -0.15) is 0 Å². The van der Waals surface area contributed by atoms with Gasteiger partial charge in [0.2, 0.25) is 0 Å². The zero-order valence-electron chi connectivity index (χ0n) is 18.3. The van der Waals surface area contributed by atoms with E-state index in [9.17, 15) is 4.79 Å². The number of aromatic nitrogens is 1. The van der Waals surface area contributed by atoms with Gasteiger partial charge in [-0.25, -0.2) is 0 Å². The van der Waals surface area contributed by atoms with Crippen LogP contribution < -0.4 is 10.1 Å². The molecule has 0 unspecified atom stereocenters. The second kappa shape index (κ2) is 9.09. The van der Waals surface area contributed by atoms with E-state index in [0.717, 1.165) is 22.4 Å². The Kier molecular flexibility index (Phi) is 5.68. The zero-order chi connectivity index (χ0) is 22.6. The van der Waals surface area contributed by atoms with Crippen molar-refractivity contribution in [3.63, 3.8) is 0 Å². The molecule has 2 heterocycles. The number of ether oxygens (including phenoxy) is 1. The summed E-state index contributed by atoms with van der Waals surface area (Å²) < 4.78 is 13.4. The first-order valence-corrected chi connectivity index (χ1v) is 10.9. The third-order valence-corrected chi connectivity index (χ3v) is 5.58. The van der Waals surface area contributed by atoms with Crippen molar-refractivity contribution in [3.05, 3.63) is 120 Å². The van der Waals surface area contributed by atoms with Crippen LogP contribution >= 0.6 is 0 Å². The first-order valence-electron chi connectivity index (χ1n) is 10.9. The van der Waals surface area contributed by atoms with Crippen LogP contribution in [0.25, 0.3) is 11.1 Å². The van der Waals surface area contributed by atoms with Gasteiger partial charge in [0, 0.05) is 24.4 Å². The molecule has 33 heavy (non-hydrogen) atoms. The molecule has 3 aromatic carbocycles. The molecule has 0 aliphatic carbocycles. The average Bonchev–Trinajstić information content (AvgIpc) is 3.43. The van der Waals surface area contributed by atoms with Crippen LogP contribution in [0.4, 0.5) is 5.69 Å². The number of fused-ring (bicyclic) bond motifs is 1. The molecule has 2 aromatic heterocycles. The summed E-state index contributed by atoms with van der Waals surface area (Å²) in [6.07, 6.45) is 1.65. The molecule has 5 heteroatoms. The average molecular weight is 437 g/mol. The van der Waals surface area contributed by atoms with Crippen molar-refractivity contribution < 1.29 is 13.9 Å². The normalized spacial score (nSPS) is 10.9. The Morgan fingerprint density at radius 1 is 0.909 bits per heavy atom. The third-order valence-electron chi connectivity index (χ3n) is 5.58. The molecule has 0 bridgehead atoms. The molecule has 0 saturated carbocycles. The Morgan fingerprint density at radius 2 is 1.67 bits per heavy atom. The van der Waals surface area contributed by atoms with E-state index in [1.54, 1.807) is 12.3 Å². The molecule has 5 nitrogen and oxygen atoms in total. The van der Waals surface area contributed by atoms with Crippen molar-refractivity contribution in [1.82, 2.24) is 4.57 Å². The summed E-state index contributed by atoms with van der Waals surface area (Å²) in [7, 11) is 0. The molecule has 1 N–H and O–H groups in total. The molecule has 5 aromatic rings. The lowest BCUT2D eigenvalue weighted by Crippen LogP contribution is -2.17. The number of nitrogens with zero attached hydrogens (tertiary/aromatic N) is 1. The maximum atomic E-state index is 13.1. The molecular formula is C28H24N2O3. The lowest BCUT2D eigenvalue weighted by Gasteiger charge is -2.12. The first-order chi connectivity index (χ1) is 16.2. The third kappa shape index (κ3) is 4.67. The Labute approximate surface area is 192 Å². The number of amides is 1. The highest BCUT2D eigenvalue weighted by molar-refractivity contribution is 6.05. The Bertz CT molecular complexity index is 1360. The maximum Gasteiger partial charge on any atom is 0.272 e. The molecule has 0 fully saturated rings. The standard InChI is InChI=1S/C28H24N2O3/c1-20-7-9-21(10-8-20)18-30-25-15-16-32-27(25)17-26(30)28(31)29-23-11-13-24(14-12-23)33-19-22-5-3-2-4-6-22/h2-17H,18-19H2,1H3,(H,29,31). The summed E-state index contributed by atoms with van der Waals surface area (Å²) in [4.78, 5) is 13.1. The monoisotopic (exact) mass is 436 g/mol. The largest absolute Gasteiger partial charge is 0.489 e. The van der Waals surface area contributed by atoms with Crippen LogP contribution in [-0.2, 0) is 13.2 Å². The quantitative estimate of drug-likeness (QED) is 0.320. The van der Waals surface area contributed by atoms with Crippen molar-refractivity contribution in [1.29, 1.82) is 0 Å². The first kappa shape index (κ1) is 20.6. The van der Waals surface area contributed by atoms with E-state index < -0.39 is 0 Å². The van der Waals surface area contributed by atoms with Crippen molar-refractivity contribution in [2.24, 2.45) is 0 Å². The van der Waals surface area contributed by atoms with Crippen LogP contribution in [0.3, 0.4) is 0 Å². The van der Waals surface area contributed by atoms with E-state index in [-0.39, 0.29) is 5.91 Å². The molecule has 5 rings (SSSR count). The van der Waals surface area contributed by atoms with Crippen LogP contribution in [0.15, 0.2) is 102 Å². The van der Waals surface area contributed by atoms with Crippen LogP contribution in [0.5, 0.6) is 5.75 Å². The summed E-state index contributed by atoms with van der Waals surface area (Å²) in [5.41, 5.74) is 6.26. The Morgan fingerprint density at radius 3 is 2.42 bits per heavy atom. The van der Waals surface area contributed by atoms with Gasteiger partial charge < -0.3 is 19.0 Å². The minimum atomic E-state index is -0.188. The van der Waals surface area contributed by atoms with Crippen molar-refractivity contribution in [2.75, 3.05) is 5.32 Å². The minimum Gasteiger partial charge on any atom is -0.489 e. The molecular weight excluding hydrogens is 412 g/mol. The number of nitrogens with one attached hydrogen (secondary N) is 1. The van der Waals surface area contributed by atoms with E-state index in [1.165, 1.54) is 5.56 Å². The van der Waals surface area contributed by atoms with Gasteiger partial charge in [-0.15, -0.1) is 0 Å². The maximum absolute atomic E-state index is 13.1. The van der Waals surface area contributed by atoms with Gasteiger partial charge in [-0.05, 0) is 42.3 Å². The van der Waals surface area contributed by atoms with E-state index in [1.807, 2.05) is 65.2 Å².